The summed E-state index contributed by atoms with van der Waals surface area (Å²) in [5.74, 6) is -1.56. The lowest BCUT2D eigenvalue weighted by Crippen LogP contribution is -2.54. The normalized spacial score (nSPS) is 12.2. The minimum Gasteiger partial charge on any atom is -0.354 e. The molecule has 42 heavy (non-hydrogen) atoms. The number of benzene rings is 3. The molecule has 12 heteroatoms. The minimum atomic E-state index is -4.18. The zero-order valence-electron chi connectivity index (χ0n) is 23.8. The molecule has 8 nitrogen and oxygen atoms in total. The largest absolute Gasteiger partial charge is 0.354 e. The molecule has 0 unspecified atom stereocenters. The molecule has 0 bridgehead atoms. The fourth-order valence-electron chi connectivity index (χ4n) is 4.22. The first-order valence-electron chi connectivity index (χ1n) is 13.4. The first-order chi connectivity index (χ1) is 19.9. The maximum absolute atomic E-state index is 14.2. The molecule has 0 saturated carbocycles. The Bertz CT molecular complexity index is 1460. The zero-order valence-corrected chi connectivity index (χ0v) is 26.1. The van der Waals surface area contributed by atoms with Gasteiger partial charge in [0.15, 0.2) is 0 Å². The van der Waals surface area contributed by atoms with Gasteiger partial charge in [-0.1, -0.05) is 72.9 Å². The van der Waals surface area contributed by atoms with Gasteiger partial charge in [-0.15, -0.1) is 0 Å². The first-order valence-corrected chi connectivity index (χ1v) is 15.6. The molecule has 0 aromatic heterocycles. The summed E-state index contributed by atoms with van der Waals surface area (Å²) in [5.41, 5.74) is 1.51. The average Bonchev–Trinajstić information content (AvgIpc) is 2.96. The maximum atomic E-state index is 14.2. The van der Waals surface area contributed by atoms with Gasteiger partial charge in [0.25, 0.3) is 0 Å². The third kappa shape index (κ3) is 8.91. The van der Waals surface area contributed by atoms with Crippen LogP contribution in [0, 0.1) is 5.82 Å². The topological polar surface area (TPSA) is 90.0 Å². The highest BCUT2D eigenvalue weighted by atomic mass is 35.5. The molecular formula is C30H35Cl2FN4O4S. The second-order valence-electron chi connectivity index (χ2n) is 9.89. The summed E-state index contributed by atoms with van der Waals surface area (Å²) in [6, 6.07) is 18.0. The van der Waals surface area contributed by atoms with Crippen molar-refractivity contribution in [3.8, 4) is 0 Å². The Balaban J connectivity index is 2.09. The van der Waals surface area contributed by atoms with Crippen molar-refractivity contribution in [2.45, 2.75) is 38.8 Å². The van der Waals surface area contributed by atoms with E-state index < -0.39 is 34.5 Å². The van der Waals surface area contributed by atoms with E-state index in [0.717, 1.165) is 39.1 Å². The number of unbranched alkanes of at least 4 members (excludes halogenated alkanes) is 1. The molecule has 0 aliphatic carbocycles. The number of rotatable bonds is 14. The van der Waals surface area contributed by atoms with Crippen molar-refractivity contribution in [3.05, 3.63) is 99.8 Å². The van der Waals surface area contributed by atoms with Crippen LogP contribution in [0.3, 0.4) is 0 Å². The van der Waals surface area contributed by atoms with Crippen molar-refractivity contribution in [2.75, 3.05) is 31.5 Å². The van der Waals surface area contributed by atoms with Gasteiger partial charge < -0.3 is 10.2 Å². The number of carbonyl (C=O) groups excluding carboxylic acids is 2. The standard InChI is InChI=1S/C30H35Cl2FN4O4S/c1-4-5-17-34-30(39)28(19-22-9-7-6-8-10-22)36(20-23-11-16-26(31)27(32)18-23)29(38)21-37(42(40,41)35(2)3)25-14-12-24(33)13-15-25/h6-16,18,28H,4-5,17,19-21H2,1-3H3,(H,34,39)/t28-/m1/s1. The minimum absolute atomic E-state index is 0.0479. The van der Waals surface area contributed by atoms with Gasteiger partial charge in [-0.05, 0) is 53.9 Å². The Hall–Kier alpha value is -3.18. The Morgan fingerprint density at radius 2 is 1.60 bits per heavy atom. The van der Waals surface area contributed by atoms with Gasteiger partial charge in [0.1, 0.15) is 18.4 Å². The van der Waals surface area contributed by atoms with E-state index in [9.17, 15) is 22.4 Å². The van der Waals surface area contributed by atoms with Gasteiger partial charge in [-0.25, -0.2) is 8.70 Å². The van der Waals surface area contributed by atoms with E-state index in [-0.39, 0.29) is 29.6 Å². The van der Waals surface area contributed by atoms with Crippen LogP contribution in [0.15, 0.2) is 72.8 Å². The number of nitrogens with one attached hydrogen (secondary N) is 1. The fraction of sp³-hybridized carbons (Fsp3) is 0.333. The molecule has 0 saturated heterocycles. The van der Waals surface area contributed by atoms with Crippen LogP contribution in [0.1, 0.15) is 30.9 Å². The van der Waals surface area contributed by atoms with Gasteiger partial charge in [-0.2, -0.15) is 12.7 Å². The average molecular weight is 638 g/mol. The predicted octanol–water partition coefficient (Wildman–Crippen LogP) is 5.30. The molecule has 1 atom stereocenters. The number of halogens is 3. The van der Waals surface area contributed by atoms with Crippen molar-refractivity contribution < 1.29 is 22.4 Å². The van der Waals surface area contributed by atoms with Crippen LogP contribution < -0.4 is 9.62 Å². The molecule has 0 heterocycles. The summed E-state index contributed by atoms with van der Waals surface area (Å²) < 4.78 is 42.3. The molecule has 0 aliphatic rings. The maximum Gasteiger partial charge on any atom is 0.304 e. The second kappa shape index (κ2) is 15.3. The summed E-state index contributed by atoms with van der Waals surface area (Å²) in [5, 5.41) is 3.53. The summed E-state index contributed by atoms with van der Waals surface area (Å²) >= 11 is 12.4. The van der Waals surface area contributed by atoms with Crippen LogP contribution in [-0.2, 0) is 32.8 Å². The molecular weight excluding hydrogens is 602 g/mol. The number of carbonyl (C=O) groups is 2. The summed E-state index contributed by atoms with van der Waals surface area (Å²) in [7, 11) is -1.51. The molecule has 3 aromatic carbocycles. The molecule has 3 aromatic rings. The van der Waals surface area contributed by atoms with Crippen LogP contribution >= 0.6 is 23.2 Å². The van der Waals surface area contributed by atoms with Gasteiger partial charge in [0.05, 0.1) is 15.7 Å². The SMILES string of the molecule is CCCCNC(=O)[C@@H](Cc1ccccc1)N(Cc1ccc(Cl)c(Cl)c1)C(=O)CN(c1ccc(F)cc1)S(=O)(=O)N(C)C. The Morgan fingerprint density at radius 1 is 0.929 bits per heavy atom. The highest BCUT2D eigenvalue weighted by molar-refractivity contribution is 7.90. The summed E-state index contributed by atoms with van der Waals surface area (Å²) in [4.78, 5) is 29.2. The van der Waals surface area contributed by atoms with Crippen molar-refractivity contribution in [1.82, 2.24) is 14.5 Å². The van der Waals surface area contributed by atoms with E-state index in [1.165, 1.54) is 31.1 Å². The molecule has 1 N–H and O–H groups in total. The van der Waals surface area contributed by atoms with E-state index in [4.69, 9.17) is 23.2 Å². The fourth-order valence-corrected chi connectivity index (χ4v) is 5.60. The van der Waals surface area contributed by atoms with Crippen LogP contribution in [0.5, 0.6) is 0 Å². The Labute approximate surface area is 257 Å². The summed E-state index contributed by atoms with van der Waals surface area (Å²) in [6.07, 6.45) is 1.80. The van der Waals surface area contributed by atoms with Gasteiger partial charge in [0.2, 0.25) is 11.8 Å². The Morgan fingerprint density at radius 3 is 2.19 bits per heavy atom. The van der Waals surface area contributed by atoms with E-state index in [1.54, 1.807) is 18.2 Å². The van der Waals surface area contributed by atoms with E-state index in [0.29, 0.717) is 17.1 Å². The van der Waals surface area contributed by atoms with Gasteiger partial charge in [-0.3, -0.25) is 9.59 Å². The van der Waals surface area contributed by atoms with Crippen molar-refractivity contribution in [3.63, 3.8) is 0 Å². The molecule has 0 radical (unpaired) electrons. The molecule has 0 fully saturated rings. The number of hydrogen-bond acceptors (Lipinski definition) is 4. The zero-order chi connectivity index (χ0) is 30.9. The van der Waals surface area contributed by atoms with Gasteiger partial charge >= 0.3 is 10.2 Å². The lowest BCUT2D eigenvalue weighted by atomic mass is 10.0. The second-order valence-corrected chi connectivity index (χ2v) is 12.8. The predicted molar refractivity (Wildman–Crippen MR) is 165 cm³/mol. The smallest absolute Gasteiger partial charge is 0.304 e. The van der Waals surface area contributed by atoms with Crippen LogP contribution in [0.4, 0.5) is 10.1 Å². The first kappa shape index (κ1) is 33.3. The highest BCUT2D eigenvalue weighted by Gasteiger charge is 2.34. The molecule has 0 aliphatic heterocycles. The van der Waals surface area contributed by atoms with Crippen molar-refractivity contribution in [1.29, 1.82) is 0 Å². The lowest BCUT2D eigenvalue weighted by molar-refractivity contribution is -0.140. The molecule has 2 amide bonds. The number of anilines is 1. The third-order valence-corrected chi connectivity index (χ3v) is 9.13. The van der Waals surface area contributed by atoms with Crippen molar-refractivity contribution in [2.24, 2.45) is 0 Å². The number of hydrogen-bond donors (Lipinski definition) is 1. The molecule has 0 spiro atoms. The van der Waals surface area contributed by atoms with E-state index >= 15 is 0 Å². The lowest BCUT2D eigenvalue weighted by Gasteiger charge is -2.34. The molecule has 3 rings (SSSR count). The monoisotopic (exact) mass is 636 g/mol. The van der Waals surface area contributed by atoms with Crippen LogP contribution in [-0.4, -0.2) is 62.7 Å². The van der Waals surface area contributed by atoms with Crippen LogP contribution in [0.25, 0.3) is 0 Å². The van der Waals surface area contributed by atoms with Crippen molar-refractivity contribution >= 4 is 50.9 Å². The highest BCUT2D eigenvalue weighted by Crippen LogP contribution is 2.25. The van der Waals surface area contributed by atoms with E-state index in [1.807, 2.05) is 37.3 Å². The van der Waals surface area contributed by atoms with Gasteiger partial charge in [0, 0.05) is 33.6 Å². The Kier molecular flexibility index (Phi) is 12.2. The molecule has 226 valence electrons. The van der Waals surface area contributed by atoms with E-state index in [2.05, 4.69) is 5.32 Å². The third-order valence-electron chi connectivity index (χ3n) is 6.57. The summed E-state index contributed by atoms with van der Waals surface area (Å²) in [6.45, 7) is 1.74. The van der Waals surface area contributed by atoms with Crippen LogP contribution in [0.2, 0.25) is 10.0 Å². The quantitative estimate of drug-likeness (QED) is 0.243. The number of nitrogens with zero attached hydrogens (tertiary/aromatic N) is 3. The number of amides is 2.